The summed E-state index contributed by atoms with van der Waals surface area (Å²) in [5, 5.41) is 11.8. The van der Waals surface area contributed by atoms with Gasteiger partial charge in [-0.1, -0.05) is 37.0 Å². The second-order valence-electron chi connectivity index (χ2n) is 5.11. The average molecular weight is 327 g/mol. The highest BCUT2D eigenvalue weighted by Gasteiger charge is 2.23. The fourth-order valence-electron chi connectivity index (χ4n) is 1.94. The number of hydrogen-bond donors (Lipinski definition) is 1. The van der Waals surface area contributed by atoms with Gasteiger partial charge in [-0.15, -0.1) is 0 Å². The number of aromatic nitrogens is 3. The number of halogens is 2. The van der Waals surface area contributed by atoms with Gasteiger partial charge in [-0.3, -0.25) is 4.79 Å². The molecule has 2 rings (SSSR count). The van der Waals surface area contributed by atoms with Gasteiger partial charge in [0.05, 0.1) is 22.4 Å². The van der Waals surface area contributed by atoms with Gasteiger partial charge in [-0.25, -0.2) is 0 Å². The molecule has 2 aromatic rings. The largest absolute Gasteiger partial charge is 0.324 e. The van der Waals surface area contributed by atoms with Crippen molar-refractivity contribution in [1.29, 1.82) is 0 Å². The lowest BCUT2D eigenvalue weighted by atomic mass is 10.0. The van der Waals surface area contributed by atoms with Crippen molar-refractivity contribution in [3.05, 3.63) is 40.6 Å². The van der Waals surface area contributed by atoms with Gasteiger partial charge in [0.15, 0.2) is 6.04 Å². The number of benzene rings is 1. The molecule has 5 nitrogen and oxygen atoms in total. The van der Waals surface area contributed by atoms with Gasteiger partial charge in [-0.05, 0) is 30.5 Å². The summed E-state index contributed by atoms with van der Waals surface area (Å²) in [6, 6.07) is 4.50. The summed E-state index contributed by atoms with van der Waals surface area (Å²) in [6.45, 7) is 4.09. The SMILES string of the molecule is CC(C)CC(C(=O)Nc1ccc(Cl)c(Cl)c1)n1nccn1. The van der Waals surface area contributed by atoms with E-state index in [1.165, 1.54) is 4.80 Å². The summed E-state index contributed by atoms with van der Waals surface area (Å²) >= 11 is 11.8. The molecule has 7 heteroatoms. The zero-order valence-corrected chi connectivity index (χ0v) is 13.3. The average Bonchev–Trinajstić information content (AvgIpc) is 2.93. The van der Waals surface area contributed by atoms with Crippen LogP contribution in [0.5, 0.6) is 0 Å². The predicted octanol–water partition coefficient (Wildman–Crippen LogP) is 3.81. The molecule has 21 heavy (non-hydrogen) atoms. The maximum Gasteiger partial charge on any atom is 0.251 e. The van der Waals surface area contributed by atoms with Crippen LogP contribution in [0.3, 0.4) is 0 Å². The molecule has 0 spiro atoms. The van der Waals surface area contributed by atoms with Crippen molar-refractivity contribution < 1.29 is 4.79 Å². The molecule has 0 radical (unpaired) electrons. The number of carbonyl (C=O) groups is 1. The van der Waals surface area contributed by atoms with Crippen molar-refractivity contribution >= 4 is 34.8 Å². The summed E-state index contributed by atoms with van der Waals surface area (Å²) in [5.41, 5.74) is 0.593. The summed E-state index contributed by atoms with van der Waals surface area (Å²) in [6.07, 6.45) is 3.75. The monoisotopic (exact) mass is 326 g/mol. The number of amides is 1. The highest BCUT2D eigenvalue weighted by molar-refractivity contribution is 6.42. The first kappa shape index (κ1) is 15.8. The standard InChI is InChI=1S/C14H16Cl2N4O/c1-9(2)7-13(20-17-5-6-18-20)14(21)19-10-3-4-11(15)12(16)8-10/h3-6,8-9,13H,7H2,1-2H3,(H,19,21). The third kappa shape index (κ3) is 4.19. The maximum absolute atomic E-state index is 12.5. The zero-order valence-electron chi connectivity index (χ0n) is 11.8. The van der Waals surface area contributed by atoms with E-state index in [1.807, 2.05) is 13.8 Å². The molecule has 0 saturated heterocycles. The van der Waals surface area contributed by atoms with E-state index in [2.05, 4.69) is 15.5 Å². The second kappa shape index (κ2) is 6.91. The summed E-state index contributed by atoms with van der Waals surface area (Å²) in [7, 11) is 0. The lowest BCUT2D eigenvalue weighted by Gasteiger charge is -2.18. The van der Waals surface area contributed by atoms with E-state index in [0.717, 1.165) is 0 Å². The molecular weight excluding hydrogens is 311 g/mol. The van der Waals surface area contributed by atoms with Crippen LogP contribution in [-0.4, -0.2) is 20.9 Å². The molecule has 1 aromatic heterocycles. The minimum absolute atomic E-state index is 0.182. The number of nitrogens with zero attached hydrogens (tertiary/aromatic N) is 3. The first-order valence-corrected chi connectivity index (χ1v) is 7.34. The van der Waals surface area contributed by atoms with Gasteiger partial charge in [-0.2, -0.15) is 15.0 Å². The topological polar surface area (TPSA) is 59.8 Å². The molecule has 0 saturated carbocycles. The fourth-order valence-corrected chi connectivity index (χ4v) is 2.24. The van der Waals surface area contributed by atoms with Gasteiger partial charge >= 0.3 is 0 Å². The van der Waals surface area contributed by atoms with Crippen molar-refractivity contribution in [1.82, 2.24) is 15.0 Å². The van der Waals surface area contributed by atoms with Crippen LogP contribution < -0.4 is 5.32 Å². The van der Waals surface area contributed by atoms with Crippen LogP contribution in [0, 0.1) is 5.92 Å². The van der Waals surface area contributed by atoms with Crippen molar-refractivity contribution in [3.8, 4) is 0 Å². The van der Waals surface area contributed by atoms with Crippen LogP contribution in [-0.2, 0) is 4.79 Å². The van der Waals surface area contributed by atoms with Crippen molar-refractivity contribution in [2.45, 2.75) is 26.3 Å². The quantitative estimate of drug-likeness (QED) is 0.908. The van der Waals surface area contributed by atoms with Gasteiger partial charge < -0.3 is 5.32 Å². The zero-order chi connectivity index (χ0) is 15.4. The lowest BCUT2D eigenvalue weighted by molar-refractivity contribution is -0.120. The summed E-state index contributed by atoms with van der Waals surface area (Å²) in [5.74, 6) is 0.152. The van der Waals surface area contributed by atoms with Crippen molar-refractivity contribution in [2.24, 2.45) is 5.92 Å². The molecule has 0 aliphatic heterocycles. The van der Waals surface area contributed by atoms with E-state index in [1.54, 1.807) is 30.6 Å². The molecule has 0 bridgehead atoms. The van der Waals surface area contributed by atoms with Crippen LogP contribution in [0.15, 0.2) is 30.6 Å². The molecule has 0 aliphatic carbocycles. The van der Waals surface area contributed by atoms with Crippen LogP contribution in [0.25, 0.3) is 0 Å². The van der Waals surface area contributed by atoms with Crippen LogP contribution in [0.1, 0.15) is 26.3 Å². The Morgan fingerprint density at radius 2 is 1.90 bits per heavy atom. The number of rotatable bonds is 5. The van der Waals surface area contributed by atoms with E-state index < -0.39 is 6.04 Å². The molecular formula is C14H16Cl2N4O. The minimum atomic E-state index is -0.463. The fraction of sp³-hybridized carbons (Fsp3) is 0.357. The van der Waals surface area contributed by atoms with E-state index in [-0.39, 0.29) is 5.91 Å². The Hall–Kier alpha value is -1.59. The Labute approximate surface area is 133 Å². The number of carbonyl (C=O) groups excluding carboxylic acids is 1. The first-order chi connectivity index (χ1) is 9.97. The van der Waals surface area contributed by atoms with Crippen molar-refractivity contribution in [2.75, 3.05) is 5.32 Å². The smallest absolute Gasteiger partial charge is 0.251 e. The molecule has 1 heterocycles. The van der Waals surface area contributed by atoms with Crippen molar-refractivity contribution in [3.63, 3.8) is 0 Å². The Kier molecular flexibility index (Phi) is 5.20. The Morgan fingerprint density at radius 3 is 2.48 bits per heavy atom. The molecule has 1 unspecified atom stereocenters. The van der Waals surface area contributed by atoms with Crippen LogP contribution >= 0.6 is 23.2 Å². The van der Waals surface area contributed by atoms with Gasteiger partial charge in [0.25, 0.3) is 5.91 Å². The summed E-state index contributed by atoms with van der Waals surface area (Å²) in [4.78, 5) is 13.9. The van der Waals surface area contributed by atoms with E-state index in [9.17, 15) is 4.79 Å². The minimum Gasteiger partial charge on any atom is -0.324 e. The second-order valence-corrected chi connectivity index (χ2v) is 5.93. The normalized spacial score (nSPS) is 12.4. The molecule has 1 N–H and O–H groups in total. The van der Waals surface area contributed by atoms with Crippen LogP contribution in [0.4, 0.5) is 5.69 Å². The molecule has 1 aromatic carbocycles. The van der Waals surface area contributed by atoms with Gasteiger partial charge in [0.2, 0.25) is 0 Å². The lowest BCUT2D eigenvalue weighted by Crippen LogP contribution is -2.28. The molecule has 1 atom stereocenters. The van der Waals surface area contributed by atoms with Gasteiger partial charge in [0, 0.05) is 5.69 Å². The maximum atomic E-state index is 12.5. The Morgan fingerprint density at radius 1 is 1.24 bits per heavy atom. The third-order valence-corrected chi connectivity index (χ3v) is 3.64. The number of anilines is 1. The Balaban J connectivity index is 2.16. The highest BCUT2D eigenvalue weighted by atomic mass is 35.5. The first-order valence-electron chi connectivity index (χ1n) is 6.59. The van der Waals surface area contributed by atoms with E-state index in [0.29, 0.717) is 28.1 Å². The number of nitrogens with one attached hydrogen (secondary N) is 1. The Bertz CT molecular complexity index is 613. The molecule has 0 fully saturated rings. The third-order valence-electron chi connectivity index (χ3n) is 2.90. The predicted molar refractivity (Wildman–Crippen MR) is 83.6 cm³/mol. The molecule has 1 amide bonds. The molecule has 0 aliphatic rings. The van der Waals surface area contributed by atoms with Gasteiger partial charge in [0.1, 0.15) is 0 Å². The molecule has 112 valence electrons. The highest BCUT2D eigenvalue weighted by Crippen LogP contribution is 2.26. The number of hydrogen-bond acceptors (Lipinski definition) is 3. The van der Waals surface area contributed by atoms with Crippen LogP contribution in [0.2, 0.25) is 10.0 Å². The summed E-state index contributed by atoms with van der Waals surface area (Å²) < 4.78 is 0. The van der Waals surface area contributed by atoms with E-state index in [4.69, 9.17) is 23.2 Å². The van der Waals surface area contributed by atoms with E-state index >= 15 is 0 Å².